The van der Waals surface area contributed by atoms with Gasteiger partial charge in [0.2, 0.25) is 0 Å². The molecule has 0 unspecified atom stereocenters. The molecule has 0 aromatic rings. The molecule has 0 atom stereocenters. The summed E-state index contributed by atoms with van der Waals surface area (Å²) in [5.41, 5.74) is 0.347. The molecule has 0 spiro atoms. The average Bonchev–Trinajstić information content (AvgIpc) is 2.87. The van der Waals surface area contributed by atoms with Crippen LogP contribution >= 0.6 is 38.8 Å². The molecule has 6 heteroatoms. The first-order valence-corrected chi connectivity index (χ1v) is 21.8. The molecule has 0 saturated heterocycles. The molecule has 0 aromatic heterocycles. The van der Waals surface area contributed by atoms with Crippen molar-refractivity contribution in [2.45, 2.75) is 205 Å². The largest absolute Gasteiger partial charge is 0.368 e. The van der Waals surface area contributed by atoms with Crippen LogP contribution in [0, 0.1) is 0 Å². The number of rotatable bonds is 29. The van der Waals surface area contributed by atoms with Crippen LogP contribution in [-0.2, 0) is 4.57 Å². The Hall–Kier alpha value is 1.31. The second-order valence-electron chi connectivity index (χ2n) is 13.4. The normalized spacial score (nSPS) is 12.7. The van der Waals surface area contributed by atoms with E-state index < -0.39 is 19.8 Å². The minimum atomic E-state index is -4.20. The van der Waals surface area contributed by atoms with Gasteiger partial charge in [0.25, 0.3) is 0 Å². The van der Waals surface area contributed by atoms with Crippen LogP contribution < -0.4 is 0 Å². The summed E-state index contributed by atoms with van der Waals surface area (Å²) >= 11 is 0. The molecule has 3 nitrogen and oxygen atoms in total. The topological polar surface area (TPSA) is 57.5 Å². The third-order valence-electron chi connectivity index (χ3n) is 9.77. The van der Waals surface area contributed by atoms with E-state index in [-0.39, 0.29) is 24.0 Å². The van der Waals surface area contributed by atoms with Crippen molar-refractivity contribution in [3.8, 4) is 0 Å². The smallest absolute Gasteiger partial charge is 0.321 e. The zero-order valence-corrected chi connectivity index (χ0v) is 32.2. The lowest BCUT2D eigenvalue weighted by atomic mass is 10.0. The lowest BCUT2D eigenvalue weighted by molar-refractivity contribution is 0.332. The molecular formula is C34H74IO3P2+. The summed E-state index contributed by atoms with van der Waals surface area (Å²) in [7, 11) is -6.00. The van der Waals surface area contributed by atoms with E-state index >= 15 is 0 Å². The zero-order valence-electron chi connectivity index (χ0n) is 28.1. The standard InChI is InChI=1S/C34H72O3P2.HI/c1-7-9-11-13-15-17-19-21-23-25-27-29-31-34(39(35,36)37,38(5,6)33(3)4)32-30-28-26-24-22-20-18-16-14-12-10-8-2;/h33H,7-32H2,1-6H3,(H-,35,36,37);1H/p+1. The van der Waals surface area contributed by atoms with Gasteiger partial charge in [0.1, 0.15) is 0 Å². The minimum Gasteiger partial charge on any atom is -0.321 e. The fourth-order valence-electron chi connectivity index (χ4n) is 6.31. The van der Waals surface area contributed by atoms with Crippen molar-refractivity contribution in [3.63, 3.8) is 0 Å². The van der Waals surface area contributed by atoms with Gasteiger partial charge in [0.15, 0.2) is 4.90 Å². The number of halogens is 1. The molecule has 244 valence electrons. The van der Waals surface area contributed by atoms with Crippen LogP contribution in [-0.4, -0.2) is 33.7 Å². The molecule has 2 N–H and O–H groups in total. The summed E-state index contributed by atoms with van der Waals surface area (Å²) in [6.07, 6.45) is 32.4. The SMILES string of the molecule is CCCCCCCCCCCCCCC(CCCCCCCCCCCCCC)(P(=O)(O)O)[P+](C)(C)C(C)C.I. The Labute approximate surface area is 270 Å². The maximum absolute atomic E-state index is 13.2. The lowest BCUT2D eigenvalue weighted by Crippen LogP contribution is -2.35. The number of hydrogen-bond donors (Lipinski definition) is 2. The van der Waals surface area contributed by atoms with Gasteiger partial charge in [-0.05, 0) is 39.5 Å². The highest BCUT2D eigenvalue weighted by molar-refractivity contribution is 14.0. The Morgan fingerprint density at radius 3 is 0.950 bits per heavy atom. The monoisotopic (exact) mass is 719 g/mol. The third-order valence-corrected chi connectivity index (χ3v) is 18.8. The summed E-state index contributed by atoms with van der Waals surface area (Å²) in [6.45, 7) is 13.4. The van der Waals surface area contributed by atoms with Gasteiger partial charge in [-0.1, -0.05) is 155 Å². The minimum absolute atomic E-state index is 0. The predicted molar refractivity (Wildman–Crippen MR) is 195 cm³/mol. The van der Waals surface area contributed by atoms with E-state index in [1.807, 2.05) is 0 Å². The van der Waals surface area contributed by atoms with E-state index in [9.17, 15) is 14.4 Å². The molecule has 0 aliphatic heterocycles. The molecule has 0 heterocycles. The average molecular weight is 720 g/mol. The molecule has 0 bridgehead atoms. The Morgan fingerprint density at radius 2 is 0.750 bits per heavy atom. The molecule has 40 heavy (non-hydrogen) atoms. The Balaban J connectivity index is 0. The first-order chi connectivity index (χ1) is 18.6. The van der Waals surface area contributed by atoms with Crippen molar-refractivity contribution in [1.29, 1.82) is 0 Å². The van der Waals surface area contributed by atoms with Gasteiger partial charge in [-0.15, -0.1) is 24.0 Å². The molecule has 0 radical (unpaired) electrons. The maximum Gasteiger partial charge on any atom is 0.368 e. The van der Waals surface area contributed by atoms with E-state index in [1.165, 1.54) is 128 Å². The summed E-state index contributed by atoms with van der Waals surface area (Å²) in [5, 5.41) is 0. The van der Waals surface area contributed by atoms with Crippen LogP contribution in [0.2, 0.25) is 0 Å². The Kier molecular flexibility index (Phi) is 29.0. The molecule has 0 amide bonds. The van der Waals surface area contributed by atoms with Crippen molar-refractivity contribution in [3.05, 3.63) is 0 Å². The summed E-state index contributed by atoms with van der Waals surface area (Å²) in [4.78, 5) is 20.8. The molecule has 0 saturated carbocycles. The van der Waals surface area contributed by atoms with Crippen molar-refractivity contribution in [2.75, 3.05) is 13.3 Å². The van der Waals surface area contributed by atoms with E-state index in [0.717, 1.165) is 25.7 Å². The van der Waals surface area contributed by atoms with E-state index in [2.05, 4.69) is 41.0 Å². The third kappa shape index (κ3) is 18.9. The zero-order chi connectivity index (χ0) is 29.5. The second-order valence-corrected chi connectivity index (χ2v) is 20.7. The maximum atomic E-state index is 13.2. The van der Waals surface area contributed by atoms with Crippen molar-refractivity contribution >= 4 is 38.8 Å². The first-order valence-electron chi connectivity index (χ1n) is 17.5. The van der Waals surface area contributed by atoms with Crippen molar-refractivity contribution < 1.29 is 14.4 Å². The highest BCUT2D eigenvalue weighted by atomic mass is 127. The van der Waals surface area contributed by atoms with E-state index in [0.29, 0.717) is 18.5 Å². The van der Waals surface area contributed by atoms with Crippen LogP contribution in [0.3, 0.4) is 0 Å². The van der Waals surface area contributed by atoms with Gasteiger partial charge in [0, 0.05) is 7.26 Å². The van der Waals surface area contributed by atoms with Gasteiger partial charge < -0.3 is 9.79 Å². The quantitative estimate of drug-likeness (QED) is 0.0460. The number of unbranched alkanes of at least 4 members (excludes halogenated alkanes) is 22. The van der Waals surface area contributed by atoms with Crippen LogP contribution in [0.4, 0.5) is 0 Å². The second kappa shape index (κ2) is 26.7. The van der Waals surface area contributed by atoms with Gasteiger partial charge in [-0.3, -0.25) is 4.57 Å². The van der Waals surface area contributed by atoms with E-state index in [1.54, 1.807) is 0 Å². The molecular weight excluding hydrogens is 645 g/mol. The lowest BCUT2D eigenvalue weighted by Gasteiger charge is -2.43. The Morgan fingerprint density at radius 1 is 0.525 bits per heavy atom. The van der Waals surface area contributed by atoms with Gasteiger partial charge in [-0.25, -0.2) is 0 Å². The number of hydrogen-bond acceptors (Lipinski definition) is 1. The molecule has 0 aromatic carbocycles. The summed E-state index contributed by atoms with van der Waals surface area (Å²) in [6, 6.07) is 0. The van der Waals surface area contributed by atoms with Gasteiger partial charge in [0.05, 0.1) is 19.0 Å². The molecule has 0 rings (SSSR count). The van der Waals surface area contributed by atoms with E-state index in [4.69, 9.17) is 0 Å². The fraction of sp³-hybridized carbons (Fsp3) is 1.00. The highest BCUT2D eigenvalue weighted by Crippen LogP contribution is 2.81. The van der Waals surface area contributed by atoms with Crippen LogP contribution in [0.5, 0.6) is 0 Å². The molecule has 0 fully saturated rings. The molecule has 0 aliphatic rings. The van der Waals surface area contributed by atoms with Gasteiger partial charge in [-0.2, -0.15) is 0 Å². The molecule has 0 aliphatic carbocycles. The fourth-order valence-corrected chi connectivity index (χ4v) is 13.0. The highest BCUT2D eigenvalue weighted by Gasteiger charge is 2.63. The summed E-state index contributed by atoms with van der Waals surface area (Å²) < 4.78 is 13.2. The van der Waals surface area contributed by atoms with Crippen LogP contribution in [0.1, 0.15) is 195 Å². The van der Waals surface area contributed by atoms with Crippen molar-refractivity contribution in [2.24, 2.45) is 0 Å². The first kappa shape index (κ1) is 43.4. The predicted octanol–water partition coefficient (Wildman–Crippen LogP) is 13.3. The Bertz CT molecular complexity index is 564. The van der Waals surface area contributed by atoms with Crippen LogP contribution in [0.15, 0.2) is 0 Å². The summed E-state index contributed by atoms with van der Waals surface area (Å²) in [5.74, 6) is 0. The van der Waals surface area contributed by atoms with Crippen LogP contribution in [0.25, 0.3) is 0 Å². The van der Waals surface area contributed by atoms with Crippen molar-refractivity contribution in [1.82, 2.24) is 0 Å². The van der Waals surface area contributed by atoms with Gasteiger partial charge >= 0.3 is 7.60 Å².